The van der Waals surface area contributed by atoms with Crippen molar-refractivity contribution >= 4 is 23.2 Å². The minimum absolute atomic E-state index is 0.0570. The van der Waals surface area contributed by atoms with E-state index in [0.717, 1.165) is 35.5 Å². The van der Waals surface area contributed by atoms with E-state index in [2.05, 4.69) is 5.32 Å². The lowest BCUT2D eigenvalue weighted by Crippen LogP contribution is -2.24. The molecule has 1 aliphatic heterocycles. The Morgan fingerprint density at radius 2 is 1.88 bits per heavy atom. The van der Waals surface area contributed by atoms with E-state index in [1.54, 1.807) is 11.0 Å². The van der Waals surface area contributed by atoms with Crippen LogP contribution in [0.1, 0.15) is 24.0 Å². The summed E-state index contributed by atoms with van der Waals surface area (Å²) in [6, 6.07) is 13.2. The molecular weight excluding hydrogens is 316 g/mol. The fourth-order valence-electron chi connectivity index (χ4n) is 3.03. The molecule has 5 nitrogen and oxygen atoms in total. The van der Waals surface area contributed by atoms with Gasteiger partial charge in [-0.3, -0.25) is 9.59 Å². The molecule has 1 N–H and O–H groups in total. The second-order valence-electron chi connectivity index (χ2n) is 6.26. The van der Waals surface area contributed by atoms with E-state index >= 15 is 0 Å². The third-order valence-electron chi connectivity index (χ3n) is 4.27. The topological polar surface area (TPSA) is 58.6 Å². The van der Waals surface area contributed by atoms with Gasteiger partial charge >= 0.3 is 0 Å². The normalized spacial score (nSPS) is 13.8. The highest BCUT2D eigenvalue weighted by molar-refractivity contribution is 5.97. The first-order valence-corrected chi connectivity index (χ1v) is 8.44. The van der Waals surface area contributed by atoms with Crippen LogP contribution in [-0.4, -0.2) is 25.0 Å². The maximum Gasteiger partial charge on any atom is 0.262 e. The summed E-state index contributed by atoms with van der Waals surface area (Å²) in [5.74, 6) is 0.642. The summed E-state index contributed by atoms with van der Waals surface area (Å²) in [4.78, 5) is 25.8. The van der Waals surface area contributed by atoms with E-state index in [1.807, 2.05) is 50.2 Å². The van der Waals surface area contributed by atoms with Gasteiger partial charge in [-0.1, -0.05) is 24.3 Å². The zero-order chi connectivity index (χ0) is 17.8. The molecule has 0 unspecified atom stereocenters. The van der Waals surface area contributed by atoms with Crippen LogP contribution in [-0.2, 0) is 9.59 Å². The molecule has 130 valence electrons. The molecule has 5 heteroatoms. The van der Waals surface area contributed by atoms with E-state index in [1.165, 1.54) is 0 Å². The first-order chi connectivity index (χ1) is 12.0. The number of ether oxygens (including phenoxy) is 1. The van der Waals surface area contributed by atoms with Crippen LogP contribution in [0.4, 0.5) is 11.4 Å². The van der Waals surface area contributed by atoms with Crippen molar-refractivity contribution in [2.24, 2.45) is 0 Å². The molecule has 2 aromatic rings. The van der Waals surface area contributed by atoms with E-state index in [-0.39, 0.29) is 18.4 Å². The number of amides is 2. The smallest absolute Gasteiger partial charge is 0.262 e. The standard InChI is InChI=1S/C20H22N2O3/c1-14-6-3-7-15(2)20(14)25-13-18(23)21-16-8-4-9-17(12-16)22-11-5-10-19(22)24/h3-4,6-9,12H,5,10-11,13H2,1-2H3,(H,21,23). The molecule has 0 aromatic heterocycles. The van der Waals surface area contributed by atoms with Gasteiger partial charge in [-0.05, 0) is 49.6 Å². The minimum atomic E-state index is -0.229. The van der Waals surface area contributed by atoms with Crippen LogP contribution in [0, 0.1) is 13.8 Å². The van der Waals surface area contributed by atoms with Gasteiger partial charge in [-0.15, -0.1) is 0 Å². The maximum absolute atomic E-state index is 12.2. The lowest BCUT2D eigenvalue weighted by molar-refractivity contribution is -0.118. The first-order valence-electron chi connectivity index (χ1n) is 8.44. The van der Waals surface area contributed by atoms with Crippen molar-refractivity contribution in [2.45, 2.75) is 26.7 Å². The van der Waals surface area contributed by atoms with Gasteiger partial charge in [0.15, 0.2) is 6.61 Å². The highest BCUT2D eigenvalue weighted by Gasteiger charge is 2.21. The van der Waals surface area contributed by atoms with Crippen LogP contribution >= 0.6 is 0 Å². The number of carbonyl (C=O) groups excluding carboxylic acids is 2. The van der Waals surface area contributed by atoms with Crippen molar-refractivity contribution in [3.8, 4) is 5.75 Å². The second-order valence-corrected chi connectivity index (χ2v) is 6.26. The highest BCUT2D eigenvalue weighted by Crippen LogP contribution is 2.25. The Labute approximate surface area is 147 Å². The van der Waals surface area contributed by atoms with Crippen LogP contribution in [0.3, 0.4) is 0 Å². The third kappa shape index (κ3) is 3.99. The summed E-state index contributed by atoms with van der Waals surface area (Å²) in [7, 11) is 0. The van der Waals surface area contributed by atoms with Gasteiger partial charge in [0.1, 0.15) is 5.75 Å². The average Bonchev–Trinajstić information content (AvgIpc) is 3.01. The number of para-hydroxylation sites is 1. The van der Waals surface area contributed by atoms with E-state index in [4.69, 9.17) is 4.74 Å². The average molecular weight is 338 g/mol. The molecule has 1 aliphatic rings. The highest BCUT2D eigenvalue weighted by atomic mass is 16.5. The Kier molecular flexibility index (Phi) is 5.03. The summed E-state index contributed by atoms with van der Waals surface area (Å²) in [6.45, 7) is 4.58. The van der Waals surface area contributed by atoms with Gasteiger partial charge in [-0.25, -0.2) is 0 Å². The first kappa shape index (κ1) is 17.0. The number of benzene rings is 2. The number of nitrogens with one attached hydrogen (secondary N) is 1. The summed E-state index contributed by atoms with van der Waals surface area (Å²) >= 11 is 0. The monoisotopic (exact) mass is 338 g/mol. The number of hydrogen-bond acceptors (Lipinski definition) is 3. The molecule has 2 aromatic carbocycles. The Morgan fingerprint density at radius 1 is 1.16 bits per heavy atom. The lowest BCUT2D eigenvalue weighted by Gasteiger charge is -2.17. The molecule has 0 bridgehead atoms. The van der Waals surface area contributed by atoms with Gasteiger partial charge in [0, 0.05) is 24.3 Å². The van der Waals surface area contributed by atoms with E-state index in [0.29, 0.717) is 12.1 Å². The second kappa shape index (κ2) is 7.38. The number of anilines is 2. The van der Waals surface area contributed by atoms with Crippen molar-refractivity contribution in [2.75, 3.05) is 23.4 Å². The zero-order valence-electron chi connectivity index (χ0n) is 14.5. The molecule has 25 heavy (non-hydrogen) atoms. The molecule has 1 fully saturated rings. The third-order valence-corrected chi connectivity index (χ3v) is 4.27. The molecule has 0 radical (unpaired) electrons. The van der Waals surface area contributed by atoms with Gasteiger partial charge in [0.05, 0.1) is 0 Å². The maximum atomic E-state index is 12.2. The fourth-order valence-corrected chi connectivity index (χ4v) is 3.03. The Bertz CT molecular complexity index is 781. The van der Waals surface area contributed by atoms with Crippen molar-refractivity contribution in [3.63, 3.8) is 0 Å². The number of rotatable bonds is 5. The number of carbonyl (C=O) groups is 2. The van der Waals surface area contributed by atoms with Crippen molar-refractivity contribution in [1.82, 2.24) is 0 Å². The summed E-state index contributed by atoms with van der Waals surface area (Å²) in [6.07, 6.45) is 1.46. The van der Waals surface area contributed by atoms with Crippen LogP contribution in [0.5, 0.6) is 5.75 Å². The van der Waals surface area contributed by atoms with E-state index < -0.39 is 0 Å². The predicted octanol–water partition coefficient (Wildman–Crippen LogP) is 3.45. The molecule has 1 heterocycles. The number of nitrogens with zero attached hydrogens (tertiary/aromatic N) is 1. The molecule has 0 saturated carbocycles. The molecule has 0 aliphatic carbocycles. The van der Waals surface area contributed by atoms with Gasteiger partial charge in [0.25, 0.3) is 5.91 Å². The summed E-state index contributed by atoms with van der Waals surface area (Å²) in [5.41, 5.74) is 3.48. The van der Waals surface area contributed by atoms with Crippen LogP contribution in [0.15, 0.2) is 42.5 Å². The fraction of sp³-hybridized carbons (Fsp3) is 0.300. The summed E-state index contributed by atoms with van der Waals surface area (Å²) < 4.78 is 5.67. The predicted molar refractivity (Wildman–Crippen MR) is 98.1 cm³/mol. The molecular formula is C20H22N2O3. The molecule has 3 rings (SSSR count). The molecule has 0 spiro atoms. The van der Waals surface area contributed by atoms with Gasteiger partial charge in [0.2, 0.25) is 5.91 Å². The van der Waals surface area contributed by atoms with Crippen LogP contribution < -0.4 is 15.0 Å². The minimum Gasteiger partial charge on any atom is -0.483 e. The zero-order valence-corrected chi connectivity index (χ0v) is 14.5. The lowest BCUT2D eigenvalue weighted by atomic mass is 10.1. The Hall–Kier alpha value is -2.82. The largest absolute Gasteiger partial charge is 0.483 e. The molecule has 0 atom stereocenters. The Balaban J connectivity index is 1.62. The van der Waals surface area contributed by atoms with Crippen LogP contribution in [0.25, 0.3) is 0 Å². The number of hydrogen-bond donors (Lipinski definition) is 1. The quantitative estimate of drug-likeness (QED) is 0.908. The van der Waals surface area contributed by atoms with Gasteiger partial charge < -0.3 is 15.0 Å². The molecule has 2 amide bonds. The van der Waals surface area contributed by atoms with Crippen molar-refractivity contribution < 1.29 is 14.3 Å². The number of aryl methyl sites for hydroxylation is 2. The van der Waals surface area contributed by atoms with Crippen LogP contribution in [0.2, 0.25) is 0 Å². The van der Waals surface area contributed by atoms with Gasteiger partial charge in [-0.2, -0.15) is 0 Å². The molecule has 1 saturated heterocycles. The van der Waals surface area contributed by atoms with Crippen molar-refractivity contribution in [3.05, 3.63) is 53.6 Å². The van der Waals surface area contributed by atoms with E-state index in [9.17, 15) is 9.59 Å². The Morgan fingerprint density at radius 3 is 2.56 bits per heavy atom. The van der Waals surface area contributed by atoms with Crippen molar-refractivity contribution in [1.29, 1.82) is 0 Å². The summed E-state index contributed by atoms with van der Waals surface area (Å²) in [5, 5.41) is 2.83. The SMILES string of the molecule is Cc1cccc(C)c1OCC(=O)Nc1cccc(N2CCCC2=O)c1.